The van der Waals surface area contributed by atoms with Gasteiger partial charge in [0.05, 0.1) is 46.2 Å². The van der Waals surface area contributed by atoms with Crippen molar-refractivity contribution in [3.8, 4) is 11.5 Å². The van der Waals surface area contributed by atoms with E-state index in [0.29, 0.717) is 33.0 Å². The Kier molecular flexibility index (Phi) is 10.0. The molecule has 0 aromatic heterocycles. The summed E-state index contributed by atoms with van der Waals surface area (Å²) in [5.74, 6) is 1.75. The first-order chi connectivity index (χ1) is 17.7. The monoisotopic (exact) mass is 490 g/mol. The highest BCUT2D eigenvalue weighted by Gasteiger charge is 2.22. The summed E-state index contributed by atoms with van der Waals surface area (Å²) in [7, 11) is 1.68. The Labute approximate surface area is 215 Å². The summed E-state index contributed by atoms with van der Waals surface area (Å²) in [5.41, 5.74) is 4.81. The molecule has 0 aliphatic carbocycles. The van der Waals surface area contributed by atoms with E-state index in [-0.39, 0.29) is 6.04 Å². The third kappa shape index (κ3) is 7.98. The Morgan fingerprint density at radius 3 is 2.19 bits per heavy atom. The summed E-state index contributed by atoms with van der Waals surface area (Å²) < 4.78 is 23.0. The van der Waals surface area contributed by atoms with Crippen molar-refractivity contribution in [1.82, 2.24) is 5.32 Å². The van der Waals surface area contributed by atoms with Gasteiger partial charge in [-0.1, -0.05) is 42.0 Å². The summed E-state index contributed by atoms with van der Waals surface area (Å²) in [4.78, 5) is 2.42. The van der Waals surface area contributed by atoms with Crippen LogP contribution in [0.3, 0.4) is 0 Å². The number of ether oxygens (including phenoxy) is 4. The molecule has 192 valence electrons. The average Bonchev–Trinajstić information content (AvgIpc) is 2.93. The van der Waals surface area contributed by atoms with Crippen LogP contribution in [0.5, 0.6) is 11.5 Å². The Morgan fingerprint density at radius 1 is 0.806 bits per heavy atom. The molecule has 0 spiro atoms. The van der Waals surface area contributed by atoms with Crippen molar-refractivity contribution in [2.24, 2.45) is 0 Å². The first-order valence-electron chi connectivity index (χ1n) is 12.8. The Morgan fingerprint density at radius 2 is 1.47 bits per heavy atom. The van der Waals surface area contributed by atoms with Gasteiger partial charge in [0, 0.05) is 31.7 Å². The first-order valence-corrected chi connectivity index (χ1v) is 12.8. The number of methoxy groups -OCH3 is 1. The number of hydrogen-bond donors (Lipinski definition) is 1. The zero-order chi connectivity index (χ0) is 25.0. The minimum Gasteiger partial charge on any atom is -0.497 e. The zero-order valence-electron chi connectivity index (χ0n) is 21.4. The summed E-state index contributed by atoms with van der Waals surface area (Å²) in [6, 6.07) is 25.2. The maximum atomic E-state index is 6.07. The summed E-state index contributed by atoms with van der Waals surface area (Å²) in [5, 5.41) is 3.49. The Balaban J connectivity index is 1.17. The molecule has 36 heavy (non-hydrogen) atoms. The van der Waals surface area contributed by atoms with E-state index in [1.165, 1.54) is 16.8 Å². The molecule has 1 fully saturated rings. The maximum absolute atomic E-state index is 6.07. The molecule has 4 rings (SSSR count). The van der Waals surface area contributed by atoms with Crippen molar-refractivity contribution in [3.05, 3.63) is 89.5 Å². The lowest BCUT2D eigenvalue weighted by Gasteiger charge is -2.38. The predicted octanol–water partition coefficient (Wildman–Crippen LogP) is 4.98. The molecule has 0 saturated carbocycles. The smallest absolute Gasteiger partial charge is 0.119 e. The maximum Gasteiger partial charge on any atom is 0.119 e. The van der Waals surface area contributed by atoms with Gasteiger partial charge in [-0.3, -0.25) is 0 Å². The quantitative estimate of drug-likeness (QED) is 0.341. The third-order valence-electron chi connectivity index (χ3n) is 6.35. The molecule has 6 heteroatoms. The van der Waals surface area contributed by atoms with Crippen LogP contribution in [-0.4, -0.2) is 52.6 Å². The van der Waals surface area contributed by atoms with E-state index in [1.807, 2.05) is 24.3 Å². The SMILES string of the molecule is COc1ccc(COC[C@H]2CNCCN2c2ccc(OCCCOCc3ccc(C)cc3)cc2)cc1. The molecular weight excluding hydrogens is 452 g/mol. The number of hydrogen-bond acceptors (Lipinski definition) is 6. The van der Waals surface area contributed by atoms with Gasteiger partial charge in [0.2, 0.25) is 0 Å². The van der Waals surface area contributed by atoms with Crippen LogP contribution in [0.2, 0.25) is 0 Å². The highest BCUT2D eigenvalue weighted by Crippen LogP contribution is 2.23. The number of piperazine rings is 1. The van der Waals surface area contributed by atoms with Gasteiger partial charge in [-0.25, -0.2) is 0 Å². The Hall–Kier alpha value is -3.06. The molecule has 6 nitrogen and oxygen atoms in total. The second kappa shape index (κ2) is 13.9. The van der Waals surface area contributed by atoms with E-state index in [4.69, 9.17) is 18.9 Å². The number of nitrogens with zero attached hydrogens (tertiary/aromatic N) is 1. The molecule has 3 aromatic carbocycles. The lowest BCUT2D eigenvalue weighted by atomic mass is 10.1. The number of aryl methyl sites for hydroxylation is 1. The molecule has 3 aromatic rings. The van der Waals surface area contributed by atoms with Crippen molar-refractivity contribution in [2.75, 3.05) is 51.5 Å². The van der Waals surface area contributed by atoms with Gasteiger partial charge in [-0.05, 0) is 54.4 Å². The van der Waals surface area contributed by atoms with Crippen LogP contribution in [0.25, 0.3) is 0 Å². The van der Waals surface area contributed by atoms with Gasteiger partial charge in [-0.15, -0.1) is 0 Å². The van der Waals surface area contributed by atoms with Crippen LogP contribution in [0.1, 0.15) is 23.1 Å². The van der Waals surface area contributed by atoms with E-state index in [9.17, 15) is 0 Å². The topological polar surface area (TPSA) is 52.2 Å². The molecule has 1 atom stereocenters. The van der Waals surface area contributed by atoms with Crippen LogP contribution in [0.15, 0.2) is 72.8 Å². The van der Waals surface area contributed by atoms with E-state index in [2.05, 4.69) is 65.7 Å². The molecule has 1 heterocycles. The van der Waals surface area contributed by atoms with Gasteiger partial charge in [0.25, 0.3) is 0 Å². The van der Waals surface area contributed by atoms with Crippen LogP contribution in [0.4, 0.5) is 5.69 Å². The molecule has 0 amide bonds. The minimum atomic E-state index is 0.287. The van der Waals surface area contributed by atoms with Crippen LogP contribution >= 0.6 is 0 Å². The lowest BCUT2D eigenvalue weighted by molar-refractivity contribution is 0.102. The summed E-state index contributed by atoms with van der Waals surface area (Å²) in [6.07, 6.45) is 0.860. The van der Waals surface area contributed by atoms with E-state index >= 15 is 0 Å². The highest BCUT2D eigenvalue weighted by atomic mass is 16.5. The molecule has 0 unspecified atom stereocenters. The van der Waals surface area contributed by atoms with Crippen molar-refractivity contribution in [1.29, 1.82) is 0 Å². The third-order valence-corrected chi connectivity index (χ3v) is 6.35. The second-order valence-electron chi connectivity index (χ2n) is 9.15. The van der Waals surface area contributed by atoms with Crippen LogP contribution < -0.4 is 19.7 Å². The number of rotatable bonds is 13. The highest BCUT2D eigenvalue weighted by molar-refractivity contribution is 5.50. The summed E-state index contributed by atoms with van der Waals surface area (Å²) in [6.45, 7) is 8.15. The molecule has 1 saturated heterocycles. The fraction of sp³-hybridized carbons (Fsp3) is 0.400. The van der Waals surface area contributed by atoms with Crippen LogP contribution in [-0.2, 0) is 22.7 Å². The van der Waals surface area contributed by atoms with Crippen LogP contribution in [0, 0.1) is 6.92 Å². The Bertz CT molecular complexity index is 1020. The van der Waals surface area contributed by atoms with Crippen molar-refractivity contribution >= 4 is 5.69 Å². The second-order valence-corrected chi connectivity index (χ2v) is 9.15. The van der Waals surface area contributed by atoms with Gasteiger partial charge in [0.15, 0.2) is 0 Å². The lowest BCUT2D eigenvalue weighted by Crippen LogP contribution is -2.53. The number of nitrogens with one attached hydrogen (secondary N) is 1. The van der Waals surface area contributed by atoms with Gasteiger partial charge >= 0.3 is 0 Å². The fourth-order valence-electron chi connectivity index (χ4n) is 4.24. The van der Waals surface area contributed by atoms with Gasteiger partial charge in [0.1, 0.15) is 11.5 Å². The minimum absolute atomic E-state index is 0.287. The van der Waals surface area contributed by atoms with Crippen molar-refractivity contribution < 1.29 is 18.9 Å². The van der Waals surface area contributed by atoms with E-state index < -0.39 is 0 Å². The average molecular weight is 491 g/mol. The number of benzene rings is 3. The molecule has 0 bridgehead atoms. The van der Waals surface area contributed by atoms with Crippen molar-refractivity contribution in [2.45, 2.75) is 32.6 Å². The fourth-order valence-corrected chi connectivity index (χ4v) is 4.24. The summed E-state index contributed by atoms with van der Waals surface area (Å²) >= 11 is 0. The van der Waals surface area contributed by atoms with Crippen molar-refractivity contribution in [3.63, 3.8) is 0 Å². The predicted molar refractivity (Wildman–Crippen MR) is 144 cm³/mol. The molecule has 1 aliphatic heterocycles. The van der Waals surface area contributed by atoms with Gasteiger partial charge < -0.3 is 29.2 Å². The standard InChI is InChI=1S/C30H38N2O4/c1-24-4-6-25(7-5-24)21-34-18-3-19-36-30-14-10-27(11-15-30)32-17-16-31-20-28(32)23-35-22-26-8-12-29(33-2)13-9-26/h4-15,28,31H,3,16-23H2,1-2H3/t28-/m1/s1. The largest absolute Gasteiger partial charge is 0.497 e. The molecule has 0 radical (unpaired) electrons. The zero-order valence-corrected chi connectivity index (χ0v) is 21.4. The first kappa shape index (κ1) is 26.0. The normalized spacial score (nSPS) is 15.6. The molecule has 1 aliphatic rings. The molecule has 1 N–H and O–H groups in total. The van der Waals surface area contributed by atoms with E-state index in [0.717, 1.165) is 43.1 Å². The number of anilines is 1. The molecular formula is C30H38N2O4. The van der Waals surface area contributed by atoms with Gasteiger partial charge in [-0.2, -0.15) is 0 Å². The van der Waals surface area contributed by atoms with E-state index in [1.54, 1.807) is 7.11 Å².